The molecule has 3 N–H and O–H groups in total. The Kier molecular flexibility index (Phi) is 11.0. The Morgan fingerprint density at radius 3 is 2.03 bits per heavy atom. The summed E-state index contributed by atoms with van der Waals surface area (Å²) in [4.78, 5) is 34.8. The summed E-state index contributed by atoms with van der Waals surface area (Å²) in [5, 5.41) is 21.2. The van der Waals surface area contributed by atoms with Gasteiger partial charge in [0.15, 0.2) is 5.75 Å². The number of hydrogen-bond acceptors (Lipinski definition) is 6. The van der Waals surface area contributed by atoms with Gasteiger partial charge in [0, 0.05) is 12.8 Å². The highest BCUT2D eigenvalue weighted by atomic mass is 127. The van der Waals surface area contributed by atoms with Crippen LogP contribution in [-0.4, -0.2) is 41.2 Å². The molecule has 0 radical (unpaired) electrons. The van der Waals surface area contributed by atoms with Gasteiger partial charge in [0.1, 0.15) is 17.5 Å². The molecule has 1 amide bonds. The van der Waals surface area contributed by atoms with Gasteiger partial charge in [-0.25, -0.2) is 4.79 Å². The first kappa shape index (κ1) is 27.6. The first-order valence-corrected chi connectivity index (χ1v) is 13.3. The predicted molar refractivity (Wildman–Crippen MR) is 150 cm³/mol. The number of halogens is 4. The predicted octanol–water partition coefficient (Wildman–Crippen LogP) is 4.67. The molecule has 0 fully saturated rings. The summed E-state index contributed by atoms with van der Waals surface area (Å²) >= 11 is 8.33. The first-order chi connectivity index (χ1) is 15.0. The first-order valence-electron chi connectivity index (χ1n) is 8.94. The SMILES string of the molecule is COC(=O)[C@H](Cc1cc(I)c(Oc2cc(I)c(O)c(I)c2)c(I)c1)NC(=O)CCC(=O)O. The minimum absolute atomic E-state index is 0.173. The average molecular weight is 891 g/mol. The smallest absolute Gasteiger partial charge is 0.328 e. The Balaban J connectivity index is 2.22. The Hall–Kier alpha value is -0.630. The van der Waals surface area contributed by atoms with Crippen LogP contribution in [0.25, 0.3) is 0 Å². The maximum atomic E-state index is 12.2. The zero-order valence-electron chi connectivity index (χ0n) is 16.5. The lowest BCUT2D eigenvalue weighted by molar-refractivity contribution is -0.145. The van der Waals surface area contributed by atoms with E-state index in [0.29, 0.717) is 18.6 Å². The molecule has 0 saturated heterocycles. The van der Waals surface area contributed by atoms with Crippen molar-refractivity contribution in [2.24, 2.45) is 0 Å². The number of carboxylic acid groups (broad SMARTS) is 1. The maximum Gasteiger partial charge on any atom is 0.328 e. The molecule has 0 bridgehead atoms. The van der Waals surface area contributed by atoms with E-state index in [0.717, 1.165) is 12.7 Å². The molecule has 12 heteroatoms. The van der Waals surface area contributed by atoms with E-state index in [-0.39, 0.29) is 25.0 Å². The lowest BCUT2D eigenvalue weighted by Gasteiger charge is -2.18. The number of carboxylic acids is 1. The number of carbonyl (C=O) groups is 3. The minimum atomic E-state index is -1.09. The van der Waals surface area contributed by atoms with Crippen LogP contribution in [0.1, 0.15) is 18.4 Å². The normalized spacial score (nSPS) is 11.5. The fourth-order valence-electron chi connectivity index (χ4n) is 2.60. The summed E-state index contributed by atoms with van der Waals surface area (Å²) in [7, 11) is 1.23. The number of nitrogens with one attached hydrogen (secondary N) is 1. The third-order valence-electron chi connectivity index (χ3n) is 4.10. The monoisotopic (exact) mass is 891 g/mol. The van der Waals surface area contributed by atoms with Crippen LogP contribution in [0.15, 0.2) is 24.3 Å². The van der Waals surface area contributed by atoms with Gasteiger partial charge in [-0.15, -0.1) is 0 Å². The van der Waals surface area contributed by atoms with Crippen LogP contribution < -0.4 is 10.1 Å². The quantitative estimate of drug-likeness (QED) is 0.248. The molecule has 0 saturated carbocycles. The van der Waals surface area contributed by atoms with Crippen molar-refractivity contribution in [3.63, 3.8) is 0 Å². The summed E-state index contributed by atoms with van der Waals surface area (Å²) < 4.78 is 13.8. The van der Waals surface area contributed by atoms with Crippen LogP contribution in [0, 0.1) is 14.3 Å². The van der Waals surface area contributed by atoms with Crippen molar-refractivity contribution in [2.75, 3.05) is 7.11 Å². The zero-order chi connectivity index (χ0) is 24.0. The molecule has 0 heterocycles. The molecule has 0 aliphatic heterocycles. The van der Waals surface area contributed by atoms with E-state index in [1.807, 2.05) is 57.3 Å². The highest BCUT2D eigenvalue weighted by molar-refractivity contribution is 14.1. The molecule has 2 aromatic carbocycles. The van der Waals surface area contributed by atoms with Crippen LogP contribution in [0.5, 0.6) is 17.2 Å². The van der Waals surface area contributed by atoms with Crippen molar-refractivity contribution in [1.82, 2.24) is 5.32 Å². The van der Waals surface area contributed by atoms with E-state index in [1.54, 1.807) is 12.1 Å². The molecule has 1 atom stereocenters. The fraction of sp³-hybridized carbons (Fsp3) is 0.250. The van der Waals surface area contributed by atoms with E-state index in [9.17, 15) is 19.5 Å². The number of ether oxygens (including phenoxy) is 2. The summed E-state index contributed by atoms with van der Waals surface area (Å²) in [6.45, 7) is 0. The van der Waals surface area contributed by atoms with E-state index in [4.69, 9.17) is 14.6 Å². The summed E-state index contributed by atoms with van der Waals surface area (Å²) in [5.74, 6) is -0.827. The second-order valence-electron chi connectivity index (χ2n) is 6.47. The van der Waals surface area contributed by atoms with Gasteiger partial charge in [-0.05, 0) is 120 Å². The standard InChI is InChI=1S/C20H17I4NO7/c1-31-20(30)15(25-16(26)2-3-17(27)28)6-9-4-13(23)19(14(24)5-9)32-10-7-11(21)18(29)12(22)8-10/h4-5,7-8,15,29H,2-3,6H2,1H3,(H,25,26)(H,27,28)/t15-/m0/s1. The van der Waals surface area contributed by atoms with Gasteiger partial charge < -0.3 is 25.0 Å². The topological polar surface area (TPSA) is 122 Å². The number of hydrogen-bond donors (Lipinski definition) is 3. The lowest BCUT2D eigenvalue weighted by Crippen LogP contribution is -2.43. The summed E-state index contributed by atoms with van der Waals surface area (Å²) in [6.07, 6.45) is -0.377. The number of phenolic OH excluding ortho intramolecular Hbond substituents is 1. The zero-order valence-corrected chi connectivity index (χ0v) is 25.1. The number of rotatable bonds is 9. The second kappa shape index (κ2) is 12.7. The van der Waals surface area contributed by atoms with Crippen molar-refractivity contribution >= 4 is 108 Å². The Morgan fingerprint density at radius 1 is 0.969 bits per heavy atom. The molecule has 0 aliphatic carbocycles. The van der Waals surface area contributed by atoms with Gasteiger partial charge in [0.25, 0.3) is 0 Å². The number of phenols is 1. The van der Waals surface area contributed by atoms with Crippen LogP contribution >= 0.6 is 90.4 Å². The van der Waals surface area contributed by atoms with E-state index >= 15 is 0 Å². The third kappa shape index (κ3) is 8.00. The average Bonchev–Trinajstić information content (AvgIpc) is 2.72. The maximum absolute atomic E-state index is 12.2. The number of esters is 1. The molecule has 2 aromatic rings. The van der Waals surface area contributed by atoms with Crippen molar-refractivity contribution in [1.29, 1.82) is 0 Å². The van der Waals surface area contributed by atoms with Gasteiger partial charge >= 0.3 is 11.9 Å². The van der Waals surface area contributed by atoms with Crippen molar-refractivity contribution in [2.45, 2.75) is 25.3 Å². The number of benzene rings is 2. The highest BCUT2D eigenvalue weighted by Gasteiger charge is 2.23. The number of methoxy groups -OCH3 is 1. The third-order valence-corrected chi connectivity index (χ3v) is 7.34. The van der Waals surface area contributed by atoms with Crippen LogP contribution in [0.3, 0.4) is 0 Å². The molecule has 8 nitrogen and oxygen atoms in total. The molecule has 172 valence electrons. The van der Waals surface area contributed by atoms with Crippen molar-refractivity contribution in [3.05, 3.63) is 44.1 Å². The molecular formula is C20H17I4NO7. The van der Waals surface area contributed by atoms with Crippen molar-refractivity contribution in [3.8, 4) is 17.2 Å². The number of aromatic hydroxyl groups is 1. The van der Waals surface area contributed by atoms with Crippen molar-refractivity contribution < 1.29 is 34.1 Å². The minimum Gasteiger partial charge on any atom is -0.506 e. The van der Waals surface area contributed by atoms with Gasteiger partial charge in [0.05, 0.1) is 27.8 Å². The highest BCUT2D eigenvalue weighted by Crippen LogP contribution is 2.37. The van der Waals surface area contributed by atoms with Crippen LogP contribution in [0.2, 0.25) is 0 Å². The molecule has 0 unspecified atom stereocenters. The molecule has 32 heavy (non-hydrogen) atoms. The fourth-order valence-corrected chi connectivity index (χ4v) is 6.43. The van der Waals surface area contributed by atoms with Crippen LogP contribution in [-0.2, 0) is 25.5 Å². The summed E-state index contributed by atoms with van der Waals surface area (Å²) in [5.41, 5.74) is 0.773. The molecular weight excluding hydrogens is 874 g/mol. The molecule has 0 aromatic heterocycles. The second-order valence-corrected chi connectivity index (χ2v) is 11.1. The molecule has 2 rings (SSSR count). The molecule has 0 aliphatic rings. The lowest BCUT2D eigenvalue weighted by atomic mass is 10.1. The van der Waals surface area contributed by atoms with Gasteiger partial charge in [0.2, 0.25) is 5.91 Å². The largest absolute Gasteiger partial charge is 0.506 e. The van der Waals surface area contributed by atoms with E-state index in [2.05, 4.69) is 50.5 Å². The Bertz CT molecular complexity index is 999. The number of amides is 1. The van der Waals surface area contributed by atoms with E-state index < -0.39 is 23.9 Å². The van der Waals surface area contributed by atoms with E-state index in [1.165, 1.54) is 7.11 Å². The number of aliphatic carboxylic acids is 1. The van der Waals surface area contributed by atoms with Gasteiger partial charge in [-0.2, -0.15) is 0 Å². The molecule has 0 spiro atoms. The van der Waals surface area contributed by atoms with Crippen LogP contribution in [0.4, 0.5) is 0 Å². The summed E-state index contributed by atoms with van der Waals surface area (Å²) in [6, 6.07) is 6.21. The van der Waals surface area contributed by atoms with Gasteiger partial charge in [-0.1, -0.05) is 0 Å². The Labute approximate surface area is 238 Å². The van der Waals surface area contributed by atoms with Gasteiger partial charge in [-0.3, -0.25) is 9.59 Å². The number of carbonyl (C=O) groups excluding carboxylic acids is 2. The Morgan fingerprint density at radius 2 is 1.53 bits per heavy atom.